The quantitative estimate of drug-likeness (QED) is 0.835. The van der Waals surface area contributed by atoms with E-state index in [4.69, 9.17) is 9.47 Å². The van der Waals surface area contributed by atoms with E-state index in [1.807, 2.05) is 35.9 Å². The van der Waals surface area contributed by atoms with Crippen molar-refractivity contribution in [3.63, 3.8) is 0 Å². The Hall–Kier alpha value is -1.92. The van der Waals surface area contributed by atoms with E-state index < -0.39 is 0 Å². The van der Waals surface area contributed by atoms with Crippen LogP contribution in [0.2, 0.25) is 0 Å². The van der Waals surface area contributed by atoms with Gasteiger partial charge >= 0.3 is 0 Å². The zero-order chi connectivity index (χ0) is 15.4. The molecule has 118 valence electrons. The number of ether oxygens (including phenoxy) is 2. The van der Waals surface area contributed by atoms with E-state index in [2.05, 4.69) is 4.98 Å². The maximum atomic E-state index is 12.2. The SMILES string of the molecule is CN(C[C@H]1COCCO1)C(=O)CCn1cnc2ccccc21. The third-order valence-corrected chi connectivity index (χ3v) is 3.88. The minimum absolute atomic E-state index is 0.0169. The molecular formula is C16H21N3O3. The Kier molecular flexibility index (Phi) is 4.70. The molecule has 0 saturated carbocycles. The van der Waals surface area contributed by atoms with Crippen LogP contribution in [0.5, 0.6) is 0 Å². The first-order valence-corrected chi connectivity index (χ1v) is 7.57. The molecular weight excluding hydrogens is 282 g/mol. The monoisotopic (exact) mass is 303 g/mol. The molecule has 0 unspecified atom stereocenters. The largest absolute Gasteiger partial charge is 0.376 e. The molecule has 0 spiro atoms. The third kappa shape index (κ3) is 3.45. The van der Waals surface area contributed by atoms with Crippen molar-refractivity contribution in [1.29, 1.82) is 0 Å². The standard InChI is InChI=1S/C16H21N3O3/c1-18(10-13-11-21-8-9-22-13)16(20)6-7-19-12-17-14-4-2-3-5-15(14)19/h2-5,12-13H,6-11H2,1H3/t13-/m0/s1. The van der Waals surface area contributed by atoms with Gasteiger partial charge in [0.25, 0.3) is 0 Å². The van der Waals surface area contributed by atoms with Crippen LogP contribution < -0.4 is 0 Å². The Balaban J connectivity index is 1.53. The van der Waals surface area contributed by atoms with E-state index in [1.165, 1.54) is 0 Å². The lowest BCUT2D eigenvalue weighted by Gasteiger charge is -2.27. The van der Waals surface area contributed by atoms with Crippen LogP contribution in [0, 0.1) is 0 Å². The maximum absolute atomic E-state index is 12.2. The first-order chi connectivity index (χ1) is 10.7. The first-order valence-electron chi connectivity index (χ1n) is 7.57. The first kappa shape index (κ1) is 15.0. The predicted octanol–water partition coefficient (Wildman–Crippen LogP) is 1.30. The smallest absolute Gasteiger partial charge is 0.224 e. The van der Waals surface area contributed by atoms with Crippen molar-refractivity contribution in [2.75, 3.05) is 33.4 Å². The summed E-state index contributed by atoms with van der Waals surface area (Å²) in [5, 5.41) is 0. The van der Waals surface area contributed by atoms with Crippen molar-refractivity contribution in [3.8, 4) is 0 Å². The van der Waals surface area contributed by atoms with Gasteiger partial charge < -0.3 is 18.9 Å². The van der Waals surface area contributed by atoms with E-state index in [0.29, 0.717) is 39.3 Å². The van der Waals surface area contributed by atoms with Gasteiger partial charge in [0.1, 0.15) is 0 Å². The van der Waals surface area contributed by atoms with Crippen LogP contribution in [0.4, 0.5) is 0 Å². The number of rotatable bonds is 5. The van der Waals surface area contributed by atoms with E-state index in [9.17, 15) is 4.79 Å². The minimum Gasteiger partial charge on any atom is -0.376 e. The molecule has 0 radical (unpaired) electrons. The number of nitrogens with zero attached hydrogens (tertiary/aromatic N) is 3. The third-order valence-electron chi connectivity index (χ3n) is 3.88. The molecule has 1 atom stereocenters. The van der Waals surface area contributed by atoms with Gasteiger partial charge in [-0.1, -0.05) is 12.1 Å². The van der Waals surface area contributed by atoms with E-state index in [0.717, 1.165) is 11.0 Å². The summed E-state index contributed by atoms with van der Waals surface area (Å²) < 4.78 is 12.9. The number of hydrogen-bond donors (Lipinski definition) is 0. The Bertz CT molecular complexity index is 634. The number of aryl methyl sites for hydroxylation is 1. The molecule has 0 N–H and O–H groups in total. The van der Waals surface area contributed by atoms with Crippen molar-refractivity contribution in [3.05, 3.63) is 30.6 Å². The van der Waals surface area contributed by atoms with Crippen LogP contribution in [0.25, 0.3) is 11.0 Å². The second-order valence-corrected chi connectivity index (χ2v) is 5.52. The molecule has 0 bridgehead atoms. The lowest BCUT2D eigenvalue weighted by atomic mass is 10.3. The normalized spacial score (nSPS) is 18.5. The Morgan fingerprint density at radius 3 is 3.09 bits per heavy atom. The molecule has 1 aromatic carbocycles. The molecule has 3 rings (SSSR count). The van der Waals surface area contributed by atoms with Crippen molar-refractivity contribution >= 4 is 16.9 Å². The van der Waals surface area contributed by atoms with Gasteiger partial charge in [-0.2, -0.15) is 0 Å². The minimum atomic E-state index is -0.0169. The fourth-order valence-corrected chi connectivity index (χ4v) is 2.64. The van der Waals surface area contributed by atoms with Gasteiger partial charge in [-0.25, -0.2) is 4.98 Å². The van der Waals surface area contributed by atoms with Crippen LogP contribution in [-0.4, -0.2) is 59.9 Å². The van der Waals surface area contributed by atoms with Crippen molar-refractivity contribution in [2.45, 2.75) is 19.1 Å². The number of carbonyl (C=O) groups is 1. The second-order valence-electron chi connectivity index (χ2n) is 5.52. The maximum Gasteiger partial charge on any atom is 0.224 e. The van der Waals surface area contributed by atoms with Gasteiger partial charge in [-0.3, -0.25) is 4.79 Å². The molecule has 1 amide bonds. The molecule has 22 heavy (non-hydrogen) atoms. The van der Waals surface area contributed by atoms with Gasteiger partial charge in [-0.15, -0.1) is 0 Å². The van der Waals surface area contributed by atoms with Gasteiger partial charge in [-0.05, 0) is 12.1 Å². The van der Waals surface area contributed by atoms with Crippen LogP contribution in [-0.2, 0) is 20.8 Å². The fraction of sp³-hybridized carbons (Fsp3) is 0.500. The Labute approximate surface area is 129 Å². The summed E-state index contributed by atoms with van der Waals surface area (Å²) in [5.74, 6) is 0.104. The number of likely N-dealkylation sites (N-methyl/N-ethyl adjacent to an activating group) is 1. The average molecular weight is 303 g/mol. The van der Waals surface area contributed by atoms with Gasteiger partial charge in [0, 0.05) is 26.6 Å². The van der Waals surface area contributed by atoms with E-state index >= 15 is 0 Å². The molecule has 1 aliphatic rings. The topological polar surface area (TPSA) is 56.6 Å². The summed E-state index contributed by atoms with van der Waals surface area (Å²) >= 11 is 0. The summed E-state index contributed by atoms with van der Waals surface area (Å²) in [6, 6.07) is 7.93. The number of hydrogen-bond acceptors (Lipinski definition) is 4. The molecule has 0 aliphatic carbocycles. The molecule has 6 nitrogen and oxygen atoms in total. The van der Waals surface area contributed by atoms with Crippen molar-refractivity contribution < 1.29 is 14.3 Å². The summed E-state index contributed by atoms with van der Waals surface area (Å²) in [6.07, 6.45) is 2.22. The number of amides is 1. The van der Waals surface area contributed by atoms with E-state index in [-0.39, 0.29) is 12.0 Å². The number of fused-ring (bicyclic) bond motifs is 1. The van der Waals surface area contributed by atoms with Crippen molar-refractivity contribution in [2.24, 2.45) is 0 Å². The fourth-order valence-electron chi connectivity index (χ4n) is 2.64. The molecule has 1 fully saturated rings. The van der Waals surface area contributed by atoms with Crippen LogP contribution in [0.3, 0.4) is 0 Å². The van der Waals surface area contributed by atoms with E-state index in [1.54, 1.807) is 11.2 Å². The molecule has 1 aromatic heterocycles. The summed E-state index contributed by atoms with van der Waals surface area (Å²) in [5.41, 5.74) is 2.01. The lowest BCUT2D eigenvalue weighted by Crippen LogP contribution is -2.41. The number of carbonyl (C=O) groups excluding carboxylic acids is 1. The number of aromatic nitrogens is 2. The van der Waals surface area contributed by atoms with Gasteiger partial charge in [0.05, 0.1) is 43.3 Å². The zero-order valence-electron chi connectivity index (χ0n) is 12.8. The summed E-state index contributed by atoms with van der Waals surface area (Å²) in [6.45, 7) is 3.01. The molecule has 1 saturated heterocycles. The average Bonchev–Trinajstić information content (AvgIpc) is 2.97. The summed E-state index contributed by atoms with van der Waals surface area (Å²) in [4.78, 5) is 18.3. The second kappa shape index (κ2) is 6.89. The number of benzene rings is 1. The highest BCUT2D eigenvalue weighted by Gasteiger charge is 2.19. The van der Waals surface area contributed by atoms with Crippen LogP contribution >= 0.6 is 0 Å². The Morgan fingerprint density at radius 2 is 2.27 bits per heavy atom. The highest BCUT2D eigenvalue weighted by molar-refractivity contribution is 5.77. The molecule has 1 aliphatic heterocycles. The molecule has 6 heteroatoms. The van der Waals surface area contributed by atoms with Gasteiger partial charge in [0.2, 0.25) is 5.91 Å². The van der Waals surface area contributed by atoms with Crippen molar-refractivity contribution in [1.82, 2.24) is 14.5 Å². The summed E-state index contributed by atoms with van der Waals surface area (Å²) in [7, 11) is 1.81. The van der Waals surface area contributed by atoms with Crippen LogP contribution in [0.1, 0.15) is 6.42 Å². The molecule has 2 heterocycles. The molecule has 2 aromatic rings. The van der Waals surface area contributed by atoms with Gasteiger partial charge in [0.15, 0.2) is 0 Å². The number of para-hydroxylation sites is 2. The Morgan fingerprint density at radius 1 is 1.41 bits per heavy atom. The van der Waals surface area contributed by atoms with Crippen LogP contribution in [0.15, 0.2) is 30.6 Å². The highest BCUT2D eigenvalue weighted by Crippen LogP contribution is 2.12. The zero-order valence-corrected chi connectivity index (χ0v) is 12.8. The number of imidazole rings is 1. The predicted molar refractivity (Wildman–Crippen MR) is 82.5 cm³/mol. The lowest BCUT2D eigenvalue weighted by molar-refractivity contribution is -0.136. The highest BCUT2D eigenvalue weighted by atomic mass is 16.6.